The number of nitrogens with one attached hydrogen (secondary N) is 1. The zero-order valence-electron chi connectivity index (χ0n) is 18.2. The molecule has 0 unspecified atom stereocenters. The summed E-state index contributed by atoms with van der Waals surface area (Å²) in [6, 6.07) is 8.35. The van der Waals surface area contributed by atoms with Gasteiger partial charge in [0.25, 0.3) is 5.56 Å². The number of benzene rings is 1. The molecule has 4 aromatic rings. The first kappa shape index (κ1) is 19.8. The van der Waals surface area contributed by atoms with Crippen molar-refractivity contribution >= 4 is 21.8 Å². The summed E-state index contributed by atoms with van der Waals surface area (Å²) in [5.74, 6) is 0.935. The second kappa shape index (κ2) is 7.50. The van der Waals surface area contributed by atoms with Gasteiger partial charge in [-0.25, -0.2) is 4.98 Å². The van der Waals surface area contributed by atoms with Gasteiger partial charge in [0.05, 0.1) is 42.4 Å². The summed E-state index contributed by atoms with van der Waals surface area (Å²) in [6.45, 7) is 7.62. The smallest absolute Gasteiger partial charge is 0.259 e. The van der Waals surface area contributed by atoms with Crippen molar-refractivity contribution in [3.8, 4) is 17.0 Å². The van der Waals surface area contributed by atoms with Gasteiger partial charge in [0.1, 0.15) is 0 Å². The van der Waals surface area contributed by atoms with E-state index in [4.69, 9.17) is 9.47 Å². The Kier molecular flexibility index (Phi) is 4.78. The minimum Gasteiger partial charge on any atom is -0.481 e. The third-order valence-electron chi connectivity index (χ3n) is 6.34. The van der Waals surface area contributed by atoms with Crippen LogP contribution in [0.1, 0.15) is 30.6 Å². The lowest BCUT2D eigenvalue weighted by molar-refractivity contribution is 0.0264. The molecule has 1 N–H and O–H groups in total. The predicted octanol–water partition coefficient (Wildman–Crippen LogP) is 4.16. The lowest BCUT2D eigenvalue weighted by Crippen LogP contribution is -2.28. The molecule has 1 fully saturated rings. The summed E-state index contributed by atoms with van der Waals surface area (Å²) < 4.78 is 12.9. The molecule has 3 aromatic heterocycles. The van der Waals surface area contributed by atoms with Crippen LogP contribution in [-0.2, 0) is 4.74 Å². The molecule has 31 heavy (non-hydrogen) atoms. The number of pyridine rings is 2. The molecule has 1 aromatic carbocycles. The molecule has 0 amide bonds. The van der Waals surface area contributed by atoms with Crippen molar-refractivity contribution in [3.05, 3.63) is 52.1 Å². The Morgan fingerprint density at radius 3 is 2.81 bits per heavy atom. The van der Waals surface area contributed by atoms with Crippen molar-refractivity contribution in [1.29, 1.82) is 0 Å². The molecule has 1 aliphatic heterocycles. The van der Waals surface area contributed by atoms with Gasteiger partial charge in [-0.2, -0.15) is 5.10 Å². The molecule has 1 aliphatic rings. The molecular weight excluding hydrogens is 392 g/mol. The Labute approximate surface area is 180 Å². The highest BCUT2D eigenvalue weighted by molar-refractivity contribution is 6.04. The molecule has 0 spiro atoms. The number of hydrogen-bond acceptors (Lipinski definition) is 5. The van der Waals surface area contributed by atoms with Gasteiger partial charge in [0, 0.05) is 35.2 Å². The van der Waals surface area contributed by atoms with Gasteiger partial charge in [0.2, 0.25) is 5.88 Å². The van der Waals surface area contributed by atoms with Crippen LogP contribution in [0, 0.1) is 19.8 Å². The van der Waals surface area contributed by atoms with Gasteiger partial charge in [0.15, 0.2) is 0 Å². The molecule has 4 heterocycles. The summed E-state index contributed by atoms with van der Waals surface area (Å²) >= 11 is 0. The van der Waals surface area contributed by atoms with Crippen LogP contribution in [0.15, 0.2) is 35.3 Å². The number of aromatic nitrogens is 4. The lowest BCUT2D eigenvalue weighted by Gasteiger charge is -2.29. The van der Waals surface area contributed by atoms with E-state index >= 15 is 0 Å². The van der Waals surface area contributed by atoms with Gasteiger partial charge >= 0.3 is 0 Å². The lowest BCUT2D eigenvalue weighted by atomic mass is 9.96. The number of H-pyrrole nitrogens is 1. The summed E-state index contributed by atoms with van der Waals surface area (Å²) in [5, 5.41) is 6.24. The highest BCUT2D eigenvalue weighted by Gasteiger charge is 2.27. The van der Waals surface area contributed by atoms with Crippen molar-refractivity contribution in [2.75, 3.05) is 20.3 Å². The number of fused-ring (bicyclic) bond motifs is 3. The molecule has 1 saturated heterocycles. The highest BCUT2D eigenvalue weighted by atomic mass is 16.5. The molecule has 0 bridgehead atoms. The molecule has 160 valence electrons. The van der Waals surface area contributed by atoms with Crippen LogP contribution in [0.4, 0.5) is 0 Å². The molecule has 2 atom stereocenters. The van der Waals surface area contributed by atoms with Crippen LogP contribution < -0.4 is 10.3 Å². The number of ether oxygens (including phenoxy) is 2. The van der Waals surface area contributed by atoms with E-state index in [0.717, 1.165) is 45.2 Å². The van der Waals surface area contributed by atoms with Crippen LogP contribution in [-0.4, -0.2) is 40.1 Å². The van der Waals surface area contributed by atoms with E-state index in [1.807, 2.05) is 30.7 Å². The summed E-state index contributed by atoms with van der Waals surface area (Å²) in [7, 11) is 1.62. The van der Waals surface area contributed by atoms with Gasteiger partial charge in [-0.05, 0) is 37.5 Å². The fraction of sp³-hybridized carbons (Fsp3) is 0.375. The van der Waals surface area contributed by atoms with Crippen LogP contribution in [0.5, 0.6) is 5.88 Å². The predicted molar refractivity (Wildman–Crippen MR) is 121 cm³/mol. The Morgan fingerprint density at radius 1 is 1.23 bits per heavy atom. The molecule has 5 rings (SSSR count). The molecule has 0 aliphatic carbocycles. The largest absolute Gasteiger partial charge is 0.481 e. The zero-order chi connectivity index (χ0) is 21.7. The van der Waals surface area contributed by atoms with Crippen molar-refractivity contribution < 1.29 is 9.47 Å². The summed E-state index contributed by atoms with van der Waals surface area (Å²) in [4.78, 5) is 20.5. The van der Waals surface area contributed by atoms with E-state index in [-0.39, 0.29) is 11.6 Å². The van der Waals surface area contributed by atoms with Crippen LogP contribution in [0.3, 0.4) is 0 Å². The molecule has 7 heteroatoms. The van der Waals surface area contributed by atoms with Crippen LogP contribution in [0.25, 0.3) is 32.9 Å². The maximum atomic E-state index is 12.9. The van der Waals surface area contributed by atoms with Gasteiger partial charge in [-0.15, -0.1) is 0 Å². The number of aryl methyl sites for hydroxylation is 2. The topological polar surface area (TPSA) is 82.0 Å². The van der Waals surface area contributed by atoms with Gasteiger partial charge < -0.3 is 14.5 Å². The van der Waals surface area contributed by atoms with Crippen LogP contribution >= 0.6 is 0 Å². The fourth-order valence-corrected chi connectivity index (χ4v) is 4.82. The standard InChI is InChI=1S/C24H26N4O3/c1-13-9-21(30-4)26-15(3)22(13)16-5-6-17-19(10-16)27-24(29)18-11-25-28(23(17)18)20-7-8-31-12-14(20)2/h5-6,9-11,14,20H,7-8,12H2,1-4H3,(H,27,29)/t14-,20-/m1/s1. The van der Waals surface area contributed by atoms with Crippen molar-refractivity contribution in [1.82, 2.24) is 19.7 Å². The Hall–Kier alpha value is -3.19. The minimum atomic E-state index is -0.119. The van der Waals surface area contributed by atoms with Crippen molar-refractivity contribution in [2.45, 2.75) is 33.2 Å². The van der Waals surface area contributed by atoms with Gasteiger partial charge in [-0.3, -0.25) is 9.48 Å². The van der Waals surface area contributed by atoms with E-state index < -0.39 is 0 Å². The van der Waals surface area contributed by atoms with Crippen LogP contribution in [0.2, 0.25) is 0 Å². The number of rotatable bonds is 3. The monoisotopic (exact) mass is 418 g/mol. The molecule has 0 saturated carbocycles. The first-order valence-corrected chi connectivity index (χ1v) is 10.6. The zero-order valence-corrected chi connectivity index (χ0v) is 18.2. The maximum absolute atomic E-state index is 12.9. The average molecular weight is 418 g/mol. The molecular formula is C24H26N4O3. The Bertz CT molecular complexity index is 1330. The Morgan fingerprint density at radius 2 is 2.06 bits per heavy atom. The first-order valence-electron chi connectivity index (χ1n) is 10.6. The number of aromatic amines is 1. The van der Waals surface area contributed by atoms with E-state index in [1.54, 1.807) is 13.3 Å². The summed E-state index contributed by atoms with van der Waals surface area (Å²) in [6.07, 6.45) is 2.58. The maximum Gasteiger partial charge on any atom is 0.259 e. The first-order chi connectivity index (χ1) is 15.0. The van der Waals surface area contributed by atoms with Gasteiger partial charge in [-0.1, -0.05) is 19.1 Å². The number of hydrogen-bond donors (Lipinski definition) is 1. The second-order valence-corrected chi connectivity index (χ2v) is 8.42. The third-order valence-corrected chi connectivity index (χ3v) is 6.34. The number of nitrogens with zero attached hydrogens (tertiary/aromatic N) is 3. The minimum absolute atomic E-state index is 0.119. The van der Waals surface area contributed by atoms with E-state index in [2.05, 4.69) is 34.1 Å². The SMILES string of the molecule is COc1cc(C)c(-c2ccc3c(c2)[nH]c(=O)c2cnn([C@@H]4CCOC[C@H]4C)c23)c(C)n1. The summed E-state index contributed by atoms with van der Waals surface area (Å²) in [5.41, 5.74) is 5.60. The normalized spacial score (nSPS) is 19.2. The Balaban J connectivity index is 1.72. The quantitative estimate of drug-likeness (QED) is 0.540. The van der Waals surface area contributed by atoms with E-state index in [9.17, 15) is 4.79 Å². The highest BCUT2D eigenvalue weighted by Crippen LogP contribution is 2.34. The average Bonchev–Trinajstić information content (AvgIpc) is 3.19. The third kappa shape index (κ3) is 3.20. The van der Waals surface area contributed by atoms with E-state index in [1.165, 1.54) is 0 Å². The molecule has 7 nitrogen and oxygen atoms in total. The van der Waals surface area contributed by atoms with Crippen molar-refractivity contribution in [3.63, 3.8) is 0 Å². The second-order valence-electron chi connectivity index (χ2n) is 8.42. The number of methoxy groups -OCH3 is 1. The molecule has 0 radical (unpaired) electrons. The van der Waals surface area contributed by atoms with Crippen molar-refractivity contribution in [2.24, 2.45) is 5.92 Å². The fourth-order valence-electron chi connectivity index (χ4n) is 4.82. The van der Waals surface area contributed by atoms with E-state index in [0.29, 0.717) is 30.4 Å².